The van der Waals surface area contributed by atoms with E-state index in [-0.39, 0.29) is 12.5 Å². The third kappa shape index (κ3) is 3.93. The average molecular weight is 354 g/mol. The Labute approximate surface area is 155 Å². The van der Waals surface area contributed by atoms with Crippen LogP contribution < -0.4 is 14.4 Å². The minimum atomic E-state index is 0.0112. The quantitative estimate of drug-likeness (QED) is 0.828. The molecule has 5 heteroatoms. The average Bonchev–Trinajstić information content (AvgIpc) is 2.66. The minimum Gasteiger partial charge on any atom is -0.493 e. The normalized spacial score (nSPS) is 14.3. The molecule has 1 saturated heterocycles. The van der Waals surface area contributed by atoms with Crippen LogP contribution in [0.25, 0.3) is 0 Å². The van der Waals surface area contributed by atoms with E-state index in [4.69, 9.17) is 9.47 Å². The van der Waals surface area contributed by atoms with Crippen LogP contribution in [0.15, 0.2) is 42.5 Å². The van der Waals surface area contributed by atoms with Crippen molar-refractivity contribution in [1.29, 1.82) is 0 Å². The van der Waals surface area contributed by atoms with E-state index in [1.165, 1.54) is 16.8 Å². The van der Waals surface area contributed by atoms with E-state index in [0.717, 1.165) is 13.1 Å². The summed E-state index contributed by atoms with van der Waals surface area (Å²) in [7, 11) is 1.59. The van der Waals surface area contributed by atoms with Crippen molar-refractivity contribution in [3.63, 3.8) is 0 Å². The lowest BCUT2D eigenvalue weighted by Crippen LogP contribution is -2.50. The summed E-state index contributed by atoms with van der Waals surface area (Å²) in [5.74, 6) is 1.25. The molecule has 0 spiro atoms. The maximum atomic E-state index is 12.5. The van der Waals surface area contributed by atoms with E-state index < -0.39 is 0 Å². The van der Waals surface area contributed by atoms with Crippen LogP contribution >= 0.6 is 0 Å². The Morgan fingerprint density at radius 1 is 0.923 bits per heavy atom. The number of aryl methyl sites for hydroxylation is 2. The Kier molecular flexibility index (Phi) is 5.66. The molecule has 0 bridgehead atoms. The zero-order valence-corrected chi connectivity index (χ0v) is 15.7. The van der Waals surface area contributed by atoms with Crippen molar-refractivity contribution >= 4 is 11.6 Å². The van der Waals surface area contributed by atoms with Crippen LogP contribution in [-0.4, -0.2) is 50.7 Å². The third-order valence-electron chi connectivity index (χ3n) is 4.81. The molecule has 0 unspecified atom stereocenters. The van der Waals surface area contributed by atoms with Gasteiger partial charge in [-0.3, -0.25) is 4.79 Å². The van der Waals surface area contributed by atoms with E-state index in [2.05, 4.69) is 36.9 Å². The maximum absolute atomic E-state index is 12.5. The molecule has 2 aromatic carbocycles. The van der Waals surface area contributed by atoms with Crippen LogP contribution in [-0.2, 0) is 4.79 Å². The first-order valence-electron chi connectivity index (χ1n) is 8.95. The number of ether oxygens (including phenoxy) is 2. The second-order valence-corrected chi connectivity index (χ2v) is 6.55. The van der Waals surface area contributed by atoms with Gasteiger partial charge in [0.1, 0.15) is 0 Å². The fourth-order valence-corrected chi connectivity index (χ4v) is 3.45. The van der Waals surface area contributed by atoms with Gasteiger partial charge in [0, 0.05) is 31.9 Å². The van der Waals surface area contributed by atoms with Crippen molar-refractivity contribution in [2.24, 2.45) is 0 Å². The fourth-order valence-electron chi connectivity index (χ4n) is 3.45. The number of hydrogen-bond acceptors (Lipinski definition) is 4. The van der Waals surface area contributed by atoms with Gasteiger partial charge in [0.2, 0.25) is 0 Å². The number of anilines is 1. The van der Waals surface area contributed by atoms with Crippen molar-refractivity contribution in [2.75, 3.05) is 44.8 Å². The molecule has 1 aliphatic rings. The van der Waals surface area contributed by atoms with Crippen LogP contribution in [0.2, 0.25) is 0 Å². The fraction of sp³-hybridized carbons (Fsp3) is 0.381. The number of amides is 1. The molecule has 0 aromatic heterocycles. The Morgan fingerprint density at radius 3 is 2.15 bits per heavy atom. The van der Waals surface area contributed by atoms with E-state index in [1.54, 1.807) is 7.11 Å². The third-order valence-corrected chi connectivity index (χ3v) is 4.81. The van der Waals surface area contributed by atoms with Gasteiger partial charge in [0.25, 0.3) is 5.91 Å². The molecule has 1 heterocycles. The molecule has 3 rings (SSSR count). The molecular formula is C21H26N2O3. The van der Waals surface area contributed by atoms with Gasteiger partial charge in [-0.1, -0.05) is 30.3 Å². The smallest absolute Gasteiger partial charge is 0.260 e. The van der Waals surface area contributed by atoms with E-state index in [0.29, 0.717) is 24.6 Å². The van der Waals surface area contributed by atoms with Crippen molar-refractivity contribution in [2.45, 2.75) is 13.8 Å². The van der Waals surface area contributed by atoms with Crippen LogP contribution in [0.1, 0.15) is 11.1 Å². The maximum Gasteiger partial charge on any atom is 0.260 e. The molecule has 1 amide bonds. The lowest BCUT2D eigenvalue weighted by Gasteiger charge is -2.37. The number of para-hydroxylation sites is 3. The highest BCUT2D eigenvalue weighted by Crippen LogP contribution is 2.27. The molecule has 0 atom stereocenters. The highest BCUT2D eigenvalue weighted by molar-refractivity contribution is 5.78. The van der Waals surface area contributed by atoms with Crippen LogP contribution in [0.5, 0.6) is 11.5 Å². The Hall–Kier alpha value is -2.69. The molecule has 26 heavy (non-hydrogen) atoms. The van der Waals surface area contributed by atoms with Crippen molar-refractivity contribution < 1.29 is 14.3 Å². The zero-order valence-electron chi connectivity index (χ0n) is 15.7. The Balaban J connectivity index is 1.55. The second kappa shape index (κ2) is 8.13. The predicted molar refractivity (Wildman–Crippen MR) is 103 cm³/mol. The Morgan fingerprint density at radius 2 is 1.54 bits per heavy atom. The van der Waals surface area contributed by atoms with Crippen LogP contribution in [0.4, 0.5) is 5.69 Å². The van der Waals surface area contributed by atoms with E-state index in [1.807, 2.05) is 29.2 Å². The molecule has 0 N–H and O–H groups in total. The lowest BCUT2D eigenvalue weighted by atomic mass is 10.1. The highest BCUT2D eigenvalue weighted by Gasteiger charge is 2.23. The number of carbonyl (C=O) groups is 1. The number of piperazine rings is 1. The van der Waals surface area contributed by atoms with Crippen LogP contribution in [0.3, 0.4) is 0 Å². The van der Waals surface area contributed by atoms with E-state index >= 15 is 0 Å². The van der Waals surface area contributed by atoms with E-state index in [9.17, 15) is 4.79 Å². The molecule has 1 fully saturated rings. The lowest BCUT2D eigenvalue weighted by molar-refractivity contribution is -0.133. The summed E-state index contributed by atoms with van der Waals surface area (Å²) in [6, 6.07) is 13.7. The number of benzene rings is 2. The summed E-state index contributed by atoms with van der Waals surface area (Å²) in [6.45, 7) is 7.41. The van der Waals surface area contributed by atoms with Gasteiger partial charge in [0.05, 0.1) is 7.11 Å². The topological polar surface area (TPSA) is 42.0 Å². The molecule has 2 aromatic rings. The van der Waals surface area contributed by atoms with Crippen molar-refractivity contribution in [3.8, 4) is 11.5 Å². The number of hydrogen-bond donors (Lipinski definition) is 0. The SMILES string of the molecule is COc1ccccc1OCC(=O)N1CCN(c2c(C)cccc2C)CC1. The molecule has 1 aliphatic heterocycles. The van der Waals surface area contributed by atoms with Gasteiger partial charge in [-0.15, -0.1) is 0 Å². The first-order chi connectivity index (χ1) is 12.6. The van der Waals surface area contributed by atoms with Gasteiger partial charge in [-0.25, -0.2) is 0 Å². The molecule has 0 radical (unpaired) electrons. The summed E-state index contributed by atoms with van der Waals surface area (Å²) in [5, 5.41) is 0. The summed E-state index contributed by atoms with van der Waals surface area (Å²) < 4.78 is 10.9. The van der Waals surface area contributed by atoms with Crippen molar-refractivity contribution in [1.82, 2.24) is 4.90 Å². The molecule has 5 nitrogen and oxygen atoms in total. The van der Waals surface area contributed by atoms with Gasteiger partial charge >= 0.3 is 0 Å². The summed E-state index contributed by atoms with van der Waals surface area (Å²) in [5.41, 5.74) is 3.86. The molecular weight excluding hydrogens is 328 g/mol. The largest absolute Gasteiger partial charge is 0.493 e. The summed E-state index contributed by atoms with van der Waals surface area (Å²) in [4.78, 5) is 16.7. The number of rotatable bonds is 5. The highest BCUT2D eigenvalue weighted by atomic mass is 16.5. The first kappa shape index (κ1) is 18.1. The standard InChI is InChI=1S/C21H26N2O3/c1-16-7-6-8-17(2)21(16)23-13-11-22(12-14-23)20(24)15-26-19-10-5-4-9-18(19)25-3/h4-10H,11-15H2,1-3H3. The number of methoxy groups -OCH3 is 1. The van der Waals surface area contributed by atoms with Gasteiger partial charge in [0.15, 0.2) is 18.1 Å². The van der Waals surface area contributed by atoms with Gasteiger partial charge < -0.3 is 19.3 Å². The first-order valence-corrected chi connectivity index (χ1v) is 8.95. The van der Waals surface area contributed by atoms with Crippen LogP contribution in [0, 0.1) is 13.8 Å². The minimum absolute atomic E-state index is 0.0112. The second-order valence-electron chi connectivity index (χ2n) is 6.55. The molecule has 138 valence electrons. The molecule has 0 aliphatic carbocycles. The monoisotopic (exact) mass is 354 g/mol. The number of carbonyl (C=O) groups excluding carboxylic acids is 1. The van der Waals surface area contributed by atoms with Gasteiger partial charge in [-0.2, -0.15) is 0 Å². The summed E-state index contributed by atoms with van der Waals surface area (Å²) >= 11 is 0. The zero-order chi connectivity index (χ0) is 18.5. The summed E-state index contributed by atoms with van der Waals surface area (Å²) in [6.07, 6.45) is 0. The molecule has 0 saturated carbocycles. The van der Waals surface area contributed by atoms with Gasteiger partial charge in [-0.05, 0) is 37.1 Å². The predicted octanol–water partition coefficient (Wildman–Crippen LogP) is 3.04. The Bertz CT molecular complexity index is 747. The van der Waals surface area contributed by atoms with Crippen molar-refractivity contribution in [3.05, 3.63) is 53.6 Å². The number of nitrogens with zero attached hydrogens (tertiary/aromatic N) is 2.